The largest absolute Gasteiger partial charge is 0.230 e. The van der Waals surface area contributed by atoms with Crippen molar-refractivity contribution in [2.45, 2.75) is 26.3 Å². The van der Waals surface area contributed by atoms with E-state index in [1.165, 1.54) is 5.01 Å². The minimum atomic E-state index is 0.403. The quantitative estimate of drug-likeness (QED) is 0.475. The molecule has 0 aliphatic heterocycles. The van der Waals surface area contributed by atoms with E-state index in [9.17, 15) is 0 Å². The standard InChI is InChI=1S/C5H13N2/c1-4-5(2)7(3)6/h5-6H,4H2,1-3H3. The molecule has 0 aromatic rings. The highest BCUT2D eigenvalue weighted by Gasteiger charge is 1.98. The molecule has 0 fully saturated rings. The van der Waals surface area contributed by atoms with Gasteiger partial charge in [-0.2, -0.15) is 5.84 Å². The van der Waals surface area contributed by atoms with Gasteiger partial charge < -0.3 is 0 Å². The van der Waals surface area contributed by atoms with Crippen LogP contribution in [0.15, 0.2) is 0 Å². The molecule has 0 aromatic carbocycles. The molecule has 0 rings (SSSR count). The maximum Gasteiger partial charge on any atom is 0.0223 e. The van der Waals surface area contributed by atoms with E-state index in [0.717, 1.165) is 6.42 Å². The molecule has 1 N–H and O–H groups in total. The van der Waals surface area contributed by atoms with Crippen LogP contribution < -0.4 is 5.84 Å². The van der Waals surface area contributed by atoms with E-state index in [1.54, 1.807) is 7.05 Å². The summed E-state index contributed by atoms with van der Waals surface area (Å²) in [6, 6.07) is 0.403. The van der Waals surface area contributed by atoms with E-state index in [0.29, 0.717) is 6.04 Å². The molecule has 0 aliphatic rings. The number of nitrogens with one attached hydrogen (secondary N) is 1. The highest BCUT2D eigenvalue weighted by atomic mass is 15.4. The van der Waals surface area contributed by atoms with E-state index in [1.807, 2.05) is 6.92 Å². The lowest BCUT2D eigenvalue weighted by atomic mass is 10.3. The Kier molecular flexibility index (Phi) is 2.96. The van der Waals surface area contributed by atoms with Gasteiger partial charge in [0.25, 0.3) is 0 Å². The summed E-state index contributed by atoms with van der Waals surface area (Å²) in [5, 5.41) is 1.47. The summed E-state index contributed by atoms with van der Waals surface area (Å²) in [6.45, 7) is 4.11. The van der Waals surface area contributed by atoms with Crippen LogP contribution >= 0.6 is 0 Å². The van der Waals surface area contributed by atoms with Crippen LogP contribution in [0.2, 0.25) is 0 Å². The fraction of sp³-hybridized carbons (Fsp3) is 1.00. The molecule has 1 atom stereocenters. The Morgan fingerprint density at radius 3 is 2.14 bits per heavy atom. The Labute approximate surface area is 45.3 Å². The molecule has 0 bridgehead atoms. The van der Waals surface area contributed by atoms with Crippen molar-refractivity contribution in [3.05, 3.63) is 0 Å². The maximum atomic E-state index is 7.02. The molecule has 0 aliphatic carbocycles. The summed E-state index contributed by atoms with van der Waals surface area (Å²) in [5.41, 5.74) is 0. The molecule has 0 spiro atoms. The van der Waals surface area contributed by atoms with E-state index < -0.39 is 0 Å². The Morgan fingerprint density at radius 1 is 1.71 bits per heavy atom. The Bertz CT molecular complexity index is 43.3. The molecule has 2 heteroatoms. The minimum Gasteiger partial charge on any atom is -0.230 e. The van der Waals surface area contributed by atoms with Gasteiger partial charge in [-0.25, -0.2) is 5.01 Å². The topological polar surface area (TPSA) is 27.0 Å². The van der Waals surface area contributed by atoms with Crippen LogP contribution in [0.1, 0.15) is 20.3 Å². The Hall–Kier alpha value is -0.0800. The van der Waals surface area contributed by atoms with Gasteiger partial charge in [0.2, 0.25) is 0 Å². The molecule has 0 amide bonds. The molecular formula is C5H13N2. The average molecular weight is 101 g/mol. The molecule has 1 unspecified atom stereocenters. The first-order chi connectivity index (χ1) is 3.18. The molecule has 43 valence electrons. The lowest BCUT2D eigenvalue weighted by molar-refractivity contribution is 0.244. The molecule has 0 heterocycles. The zero-order valence-electron chi connectivity index (χ0n) is 5.23. The van der Waals surface area contributed by atoms with Crippen molar-refractivity contribution in [3.8, 4) is 0 Å². The van der Waals surface area contributed by atoms with Gasteiger partial charge in [-0.05, 0) is 13.3 Å². The fourth-order valence-electron chi connectivity index (χ4n) is 0.274. The predicted octanol–water partition coefficient (Wildman–Crippen LogP) is 0.915. The number of hydrogen-bond donors (Lipinski definition) is 0. The SMILES string of the molecule is CCC(C)N(C)[NH]. The van der Waals surface area contributed by atoms with Crippen LogP contribution in [0.5, 0.6) is 0 Å². The van der Waals surface area contributed by atoms with E-state index >= 15 is 0 Å². The Balaban J connectivity index is 3.14. The van der Waals surface area contributed by atoms with E-state index in [-0.39, 0.29) is 0 Å². The second-order valence-electron chi connectivity index (χ2n) is 1.87. The van der Waals surface area contributed by atoms with Gasteiger partial charge >= 0.3 is 0 Å². The first kappa shape index (κ1) is 6.92. The summed E-state index contributed by atoms with van der Waals surface area (Å²) in [6.07, 6.45) is 1.06. The van der Waals surface area contributed by atoms with Gasteiger partial charge in [-0.1, -0.05) is 6.92 Å². The minimum absolute atomic E-state index is 0.403. The van der Waals surface area contributed by atoms with Crippen molar-refractivity contribution in [1.82, 2.24) is 10.9 Å². The van der Waals surface area contributed by atoms with Crippen LogP contribution in [0, 0.1) is 0 Å². The average Bonchev–Trinajstić information content (AvgIpc) is 1.65. The number of hydrogen-bond acceptors (Lipinski definition) is 1. The van der Waals surface area contributed by atoms with E-state index in [2.05, 4.69) is 6.92 Å². The summed E-state index contributed by atoms with van der Waals surface area (Å²) in [5.74, 6) is 7.02. The first-order valence-corrected chi connectivity index (χ1v) is 2.62. The van der Waals surface area contributed by atoms with Crippen molar-refractivity contribution in [2.24, 2.45) is 0 Å². The van der Waals surface area contributed by atoms with Gasteiger partial charge in [0.1, 0.15) is 0 Å². The fourth-order valence-corrected chi connectivity index (χ4v) is 0.274. The van der Waals surface area contributed by atoms with Crippen molar-refractivity contribution < 1.29 is 0 Å². The molecule has 0 aromatic heterocycles. The predicted molar refractivity (Wildman–Crippen MR) is 30.6 cm³/mol. The first-order valence-electron chi connectivity index (χ1n) is 2.62. The second-order valence-corrected chi connectivity index (χ2v) is 1.87. The van der Waals surface area contributed by atoms with Crippen molar-refractivity contribution in [1.29, 1.82) is 0 Å². The van der Waals surface area contributed by atoms with E-state index in [4.69, 9.17) is 5.84 Å². The molecule has 0 saturated heterocycles. The van der Waals surface area contributed by atoms with Crippen LogP contribution in [0.25, 0.3) is 0 Å². The van der Waals surface area contributed by atoms with Crippen molar-refractivity contribution >= 4 is 0 Å². The zero-order chi connectivity index (χ0) is 5.86. The summed E-state index contributed by atoms with van der Waals surface area (Å²) < 4.78 is 0. The van der Waals surface area contributed by atoms with Gasteiger partial charge in [-0.15, -0.1) is 0 Å². The Morgan fingerprint density at radius 2 is 2.14 bits per heavy atom. The van der Waals surface area contributed by atoms with Crippen LogP contribution in [-0.2, 0) is 0 Å². The summed E-state index contributed by atoms with van der Waals surface area (Å²) in [7, 11) is 1.77. The molecule has 2 nitrogen and oxygen atoms in total. The monoisotopic (exact) mass is 101 g/mol. The summed E-state index contributed by atoms with van der Waals surface area (Å²) >= 11 is 0. The number of rotatable bonds is 2. The van der Waals surface area contributed by atoms with Gasteiger partial charge in [0, 0.05) is 13.1 Å². The third-order valence-electron chi connectivity index (χ3n) is 1.25. The highest BCUT2D eigenvalue weighted by Crippen LogP contribution is 1.92. The normalized spacial score (nSPS) is 15.0. The van der Waals surface area contributed by atoms with Gasteiger partial charge in [-0.3, -0.25) is 0 Å². The molecule has 1 radical (unpaired) electrons. The third kappa shape index (κ3) is 2.60. The van der Waals surface area contributed by atoms with Crippen LogP contribution in [-0.4, -0.2) is 18.1 Å². The maximum absolute atomic E-state index is 7.02. The van der Waals surface area contributed by atoms with Crippen LogP contribution in [0.3, 0.4) is 0 Å². The second kappa shape index (κ2) is 2.99. The highest BCUT2D eigenvalue weighted by molar-refractivity contribution is 4.50. The van der Waals surface area contributed by atoms with Crippen molar-refractivity contribution in [2.75, 3.05) is 7.05 Å². The smallest absolute Gasteiger partial charge is 0.0223 e. The van der Waals surface area contributed by atoms with Crippen molar-refractivity contribution in [3.63, 3.8) is 0 Å². The van der Waals surface area contributed by atoms with Gasteiger partial charge in [0.05, 0.1) is 0 Å². The third-order valence-corrected chi connectivity index (χ3v) is 1.25. The lowest BCUT2D eigenvalue weighted by Crippen LogP contribution is -2.25. The molecule has 7 heavy (non-hydrogen) atoms. The molecular weight excluding hydrogens is 88.1 g/mol. The lowest BCUT2D eigenvalue weighted by Gasteiger charge is -2.14. The molecule has 0 saturated carbocycles. The zero-order valence-corrected chi connectivity index (χ0v) is 5.23. The van der Waals surface area contributed by atoms with Gasteiger partial charge in [0.15, 0.2) is 0 Å². The number of nitrogens with zero attached hydrogens (tertiary/aromatic N) is 1. The van der Waals surface area contributed by atoms with Crippen LogP contribution in [0.4, 0.5) is 0 Å². The summed E-state index contributed by atoms with van der Waals surface area (Å²) in [4.78, 5) is 0.